The van der Waals surface area contributed by atoms with Crippen LogP contribution in [0.4, 0.5) is 0 Å². The first-order chi connectivity index (χ1) is 9.94. The van der Waals surface area contributed by atoms with E-state index in [2.05, 4.69) is 0 Å². The van der Waals surface area contributed by atoms with Crippen LogP contribution < -0.4 is 0 Å². The number of rotatable bonds is 3. The summed E-state index contributed by atoms with van der Waals surface area (Å²) in [5.74, 6) is 0. The van der Waals surface area contributed by atoms with Gasteiger partial charge in [-0.15, -0.1) is 11.3 Å². The van der Waals surface area contributed by atoms with Crippen LogP contribution in [0.15, 0.2) is 35.2 Å². The number of aldehydes is 2. The zero-order valence-corrected chi connectivity index (χ0v) is 12.1. The summed E-state index contributed by atoms with van der Waals surface area (Å²) in [7, 11) is -4.46. The van der Waals surface area contributed by atoms with Gasteiger partial charge in [0.15, 0.2) is 0 Å². The zero-order chi connectivity index (χ0) is 15.2. The van der Waals surface area contributed by atoms with Gasteiger partial charge in [0.05, 0.1) is 0 Å². The molecule has 0 atom stereocenters. The van der Waals surface area contributed by atoms with Gasteiger partial charge in [-0.3, -0.25) is 14.1 Å². The second-order valence-electron chi connectivity index (χ2n) is 4.46. The summed E-state index contributed by atoms with van der Waals surface area (Å²) in [4.78, 5) is 21.4. The third kappa shape index (κ3) is 2.25. The van der Waals surface area contributed by atoms with Crippen LogP contribution in [-0.2, 0) is 10.1 Å². The number of hydrogen-bond donors (Lipinski definition) is 1. The molecule has 0 aliphatic carbocycles. The zero-order valence-electron chi connectivity index (χ0n) is 10.4. The summed E-state index contributed by atoms with van der Waals surface area (Å²) in [6.45, 7) is 0. The van der Waals surface area contributed by atoms with Crippen molar-refractivity contribution in [2.75, 3.05) is 0 Å². The second-order valence-corrected chi connectivity index (χ2v) is 6.93. The van der Waals surface area contributed by atoms with Gasteiger partial charge in [-0.05, 0) is 18.2 Å². The predicted octanol–water partition coefficient (Wildman–Crippen LogP) is 2.93. The monoisotopic (exact) mass is 320 g/mol. The van der Waals surface area contributed by atoms with Crippen molar-refractivity contribution >= 4 is 54.2 Å². The van der Waals surface area contributed by atoms with Crippen molar-refractivity contribution in [1.82, 2.24) is 0 Å². The molecule has 3 aromatic rings. The van der Waals surface area contributed by atoms with Crippen LogP contribution in [0.3, 0.4) is 0 Å². The molecule has 7 heteroatoms. The smallest absolute Gasteiger partial charge is 0.295 e. The van der Waals surface area contributed by atoms with E-state index in [1.54, 1.807) is 24.3 Å². The Labute approximate surface area is 123 Å². The van der Waals surface area contributed by atoms with Crippen molar-refractivity contribution < 1.29 is 22.6 Å². The SMILES string of the molecule is O=Cc1ccc2c(c1)sc1cc(C=O)cc(S(=O)(=O)O)c12. The molecule has 2 aromatic carbocycles. The largest absolute Gasteiger partial charge is 0.298 e. The number of carbonyl (C=O) groups excluding carboxylic acids is 2. The maximum atomic E-state index is 11.6. The van der Waals surface area contributed by atoms with Crippen LogP contribution >= 0.6 is 11.3 Å². The van der Waals surface area contributed by atoms with Crippen molar-refractivity contribution in [1.29, 1.82) is 0 Å². The van der Waals surface area contributed by atoms with Crippen molar-refractivity contribution in [3.05, 3.63) is 41.5 Å². The molecule has 3 rings (SSSR count). The van der Waals surface area contributed by atoms with E-state index in [1.807, 2.05) is 0 Å². The highest BCUT2D eigenvalue weighted by Crippen LogP contribution is 2.38. The van der Waals surface area contributed by atoms with Crippen LogP contribution in [-0.4, -0.2) is 25.5 Å². The minimum absolute atomic E-state index is 0.164. The molecule has 21 heavy (non-hydrogen) atoms. The van der Waals surface area contributed by atoms with Crippen LogP contribution in [0.2, 0.25) is 0 Å². The molecule has 1 N–H and O–H groups in total. The molecule has 1 aromatic heterocycles. The Balaban J connectivity index is 2.55. The van der Waals surface area contributed by atoms with E-state index in [0.717, 1.165) is 6.07 Å². The average Bonchev–Trinajstić information content (AvgIpc) is 2.81. The summed E-state index contributed by atoms with van der Waals surface area (Å²) in [6.07, 6.45) is 1.22. The van der Waals surface area contributed by atoms with E-state index >= 15 is 0 Å². The Kier molecular flexibility index (Phi) is 3.12. The van der Waals surface area contributed by atoms with Gasteiger partial charge in [-0.2, -0.15) is 8.42 Å². The first kappa shape index (κ1) is 13.9. The molecular weight excluding hydrogens is 312 g/mol. The van der Waals surface area contributed by atoms with Crippen molar-refractivity contribution in [3.8, 4) is 0 Å². The average molecular weight is 320 g/mol. The Morgan fingerprint density at radius 1 is 0.952 bits per heavy atom. The highest BCUT2D eigenvalue weighted by atomic mass is 32.2. The maximum absolute atomic E-state index is 11.6. The highest BCUT2D eigenvalue weighted by molar-refractivity contribution is 7.86. The minimum atomic E-state index is -4.46. The first-order valence-electron chi connectivity index (χ1n) is 5.82. The lowest BCUT2D eigenvalue weighted by molar-refractivity contribution is 0.111. The van der Waals surface area contributed by atoms with Gasteiger partial charge in [-0.25, -0.2) is 0 Å². The molecular formula is C14H8O5S2. The molecule has 0 amide bonds. The molecule has 0 saturated heterocycles. The van der Waals surface area contributed by atoms with Crippen molar-refractivity contribution in [2.24, 2.45) is 0 Å². The van der Waals surface area contributed by atoms with Gasteiger partial charge < -0.3 is 0 Å². The fraction of sp³-hybridized carbons (Fsp3) is 0. The van der Waals surface area contributed by atoms with Crippen molar-refractivity contribution in [2.45, 2.75) is 4.90 Å². The quantitative estimate of drug-likeness (QED) is 0.592. The maximum Gasteiger partial charge on any atom is 0.295 e. The third-order valence-corrected chi connectivity index (χ3v) is 5.11. The van der Waals surface area contributed by atoms with Crippen LogP contribution in [0.25, 0.3) is 20.2 Å². The molecule has 0 radical (unpaired) electrons. The summed E-state index contributed by atoms with van der Waals surface area (Å²) < 4.78 is 33.8. The minimum Gasteiger partial charge on any atom is -0.298 e. The molecule has 0 aliphatic rings. The number of benzene rings is 2. The predicted molar refractivity (Wildman–Crippen MR) is 79.9 cm³/mol. The molecule has 0 unspecified atom stereocenters. The highest BCUT2D eigenvalue weighted by Gasteiger charge is 2.19. The third-order valence-electron chi connectivity index (χ3n) is 3.13. The topological polar surface area (TPSA) is 88.5 Å². The normalized spacial score (nSPS) is 11.9. The Morgan fingerprint density at radius 2 is 1.62 bits per heavy atom. The van der Waals surface area contributed by atoms with Gasteiger partial charge in [0, 0.05) is 31.3 Å². The molecule has 106 valence electrons. The van der Waals surface area contributed by atoms with Crippen LogP contribution in [0.5, 0.6) is 0 Å². The first-order valence-corrected chi connectivity index (χ1v) is 8.08. The summed E-state index contributed by atoms with van der Waals surface area (Å²) >= 11 is 1.26. The fourth-order valence-corrected chi connectivity index (χ4v) is 4.31. The van der Waals surface area contributed by atoms with Gasteiger partial charge in [0.2, 0.25) is 0 Å². The van der Waals surface area contributed by atoms with E-state index < -0.39 is 10.1 Å². The summed E-state index contributed by atoms with van der Waals surface area (Å²) in [5.41, 5.74) is 0.635. The molecule has 0 bridgehead atoms. The Hall–Kier alpha value is -2.09. The van der Waals surface area contributed by atoms with Gasteiger partial charge >= 0.3 is 0 Å². The second kappa shape index (κ2) is 4.73. The molecule has 0 fully saturated rings. The lowest BCUT2D eigenvalue weighted by atomic mass is 10.1. The van der Waals surface area contributed by atoms with E-state index in [9.17, 15) is 22.6 Å². The lowest BCUT2D eigenvalue weighted by Crippen LogP contribution is -1.99. The van der Waals surface area contributed by atoms with Crippen LogP contribution in [0.1, 0.15) is 20.7 Å². The van der Waals surface area contributed by atoms with Crippen molar-refractivity contribution in [3.63, 3.8) is 0 Å². The number of thiophene rings is 1. The molecule has 0 aliphatic heterocycles. The van der Waals surface area contributed by atoms with Gasteiger partial charge in [0.25, 0.3) is 10.1 Å². The molecule has 5 nitrogen and oxygen atoms in total. The van der Waals surface area contributed by atoms with E-state index in [4.69, 9.17) is 0 Å². The number of hydrogen-bond acceptors (Lipinski definition) is 5. The Morgan fingerprint density at radius 3 is 2.24 bits per heavy atom. The summed E-state index contributed by atoms with van der Waals surface area (Å²) in [6, 6.07) is 7.55. The molecule has 1 heterocycles. The summed E-state index contributed by atoms with van der Waals surface area (Å²) in [5, 5.41) is 0.978. The van der Waals surface area contributed by atoms with E-state index in [1.165, 1.54) is 11.3 Å². The fourth-order valence-electron chi connectivity index (χ4n) is 2.25. The number of fused-ring (bicyclic) bond motifs is 3. The van der Waals surface area contributed by atoms with E-state index in [0.29, 0.717) is 38.3 Å². The Bertz CT molecular complexity index is 999. The van der Waals surface area contributed by atoms with Gasteiger partial charge in [0.1, 0.15) is 17.5 Å². The molecule has 0 spiro atoms. The molecule has 0 saturated carbocycles. The standard InChI is InChI=1S/C14H8O5S2/c15-6-8-1-2-10-11(3-8)20-12-4-9(7-16)5-13(14(10)12)21(17,18)19/h1-7H,(H,17,18,19). The number of carbonyl (C=O) groups is 2. The van der Waals surface area contributed by atoms with Gasteiger partial charge in [-0.1, -0.05) is 12.1 Å². The lowest BCUT2D eigenvalue weighted by Gasteiger charge is -2.02. The van der Waals surface area contributed by atoms with Crippen LogP contribution in [0, 0.1) is 0 Å². The van der Waals surface area contributed by atoms with E-state index in [-0.39, 0.29) is 10.5 Å².